The standard InChI is InChI=1S/C35H44F3N7O3/c1-32(2,3)17-16-27(22-10-12-23(13-11-22)30(46)39-21-28-41-43-44-42-28)45-31(47)29(24-8-7-9-26(20-24)48-35(36,37)38)40-34(45)18-14-25(15-19-34)33(4,5)6/h7-13,20,25,27H,14-19,21H2,1-6H3,(H,39,46)(H,41,42,43,44). The number of rotatable bonds is 9. The van der Waals surface area contributed by atoms with E-state index in [4.69, 9.17) is 4.99 Å². The molecule has 1 aliphatic carbocycles. The number of carbonyl (C=O) groups excluding carboxylic acids is 2. The lowest BCUT2D eigenvalue weighted by Crippen LogP contribution is -2.51. The second-order valence-corrected chi connectivity index (χ2v) is 15.1. The molecule has 2 N–H and O–H groups in total. The predicted octanol–water partition coefficient (Wildman–Crippen LogP) is 7.16. The van der Waals surface area contributed by atoms with Gasteiger partial charge in [-0.3, -0.25) is 14.6 Å². The summed E-state index contributed by atoms with van der Waals surface area (Å²) in [4.78, 5) is 34.5. The van der Waals surface area contributed by atoms with Crippen LogP contribution in [0.4, 0.5) is 13.2 Å². The van der Waals surface area contributed by atoms with Crippen molar-refractivity contribution in [1.82, 2.24) is 30.8 Å². The summed E-state index contributed by atoms with van der Waals surface area (Å²) in [7, 11) is 0. The van der Waals surface area contributed by atoms with Crippen molar-refractivity contribution in [2.45, 2.75) is 105 Å². The van der Waals surface area contributed by atoms with Crippen molar-refractivity contribution < 1.29 is 27.5 Å². The Bertz CT molecular complexity index is 1620. The third-order valence-electron chi connectivity index (χ3n) is 9.38. The smallest absolute Gasteiger partial charge is 0.406 e. The van der Waals surface area contributed by atoms with Gasteiger partial charge < -0.3 is 15.0 Å². The molecule has 1 atom stereocenters. The lowest BCUT2D eigenvalue weighted by molar-refractivity contribution is -0.274. The molecule has 1 unspecified atom stereocenters. The number of alkyl halides is 3. The summed E-state index contributed by atoms with van der Waals surface area (Å²) in [6, 6.07) is 12.3. The van der Waals surface area contributed by atoms with Crippen LogP contribution in [0.25, 0.3) is 0 Å². The number of carbonyl (C=O) groups is 2. The van der Waals surface area contributed by atoms with Crippen LogP contribution in [0, 0.1) is 16.7 Å². The molecule has 2 amide bonds. The summed E-state index contributed by atoms with van der Waals surface area (Å²) < 4.78 is 43.5. The molecule has 0 saturated heterocycles. The van der Waals surface area contributed by atoms with Gasteiger partial charge in [-0.25, -0.2) is 0 Å². The van der Waals surface area contributed by atoms with Crippen LogP contribution in [0.5, 0.6) is 5.75 Å². The molecule has 1 fully saturated rings. The number of amides is 2. The number of hydrogen-bond donors (Lipinski definition) is 2. The summed E-state index contributed by atoms with van der Waals surface area (Å²) in [6.45, 7) is 13.2. The Kier molecular flexibility index (Phi) is 9.71. The molecule has 1 aliphatic heterocycles. The zero-order chi connectivity index (χ0) is 34.9. The number of aliphatic imine (C=N–C) groups is 1. The number of aromatic amines is 1. The van der Waals surface area contributed by atoms with E-state index < -0.39 is 23.8 Å². The van der Waals surface area contributed by atoms with Crippen LogP contribution in [-0.4, -0.2) is 55.1 Å². The Balaban J connectivity index is 1.51. The number of nitrogens with one attached hydrogen (secondary N) is 2. The van der Waals surface area contributed by atoms with E-state index in [1.54, 1.807) is 18.2 Å². The molecule has 48 heavy (non-hydrogen) atoms. The topological polar surface area (TPSA) is 125 Å². The fourth-order valence-electron chi connectivity index (χ4n) is 6.76. The second kappa shape index (κ2) is 13.3. The lowest BCUT2D eigenvalue weighted by atomic mass is 9.69. The highest BCUT2D eigenvalue weighted by Crippen LogP contribution is 2.50. The molecule has 0 bridgehead atoms. The first-order valence-corrected chi connectivity index (χ1v) is 16.3. The van der Waals surface area contributed by atoms with E-state index in [2.05, 4.69) is 72.2 Å². The molecule has 2 aliphatic rings. The number of ether oxygens (including phenoxy) is 1. The highest BCUT2D eigenvalue weighted by molar-refractivity contribution is 6.46. The number of nitrogens with zero attached hydrogens (tertiary/aromatic N) is 5. The molecular formula is C35H44F3N7O3. The van der Waals surface area contributed by atoms with Crippen LogP contribution in [0.15, 0.2) is 53.5 Å². The Morgan fingerprint density at radius 3 is 2.33 bits per heavy atom. The normalized spacial score (nSPS) is 20.9. The Morgan fingerprint density at radius 2 is 1.75 bits per heavy atom. The van der Waals surface area contributed by atoms with E-state index in [1.807, 2.05) is 17.0 Å². The number of aromatic nitrogens is 4. The average molecular weight is 668 g/mol. The molecule has 5 rings (SSSR count). The van der Waals surface area contributed by atoms with E-state index in [-0.39, 0.29) is 40.5 Å². The molecule has 0 radical (unpaired) electrons. The van der Waals surface area contributed by atoms with Crippen LogP contribution in [0.2, 0.25) is 0 Å². The minimum Gasteiger partial charge on any atom is -0.406 e. The minimum absolute atomic E-state index is 0.0417. The summed E-state index contributed by atoms with van der Waals surface area (Å²) in [5.74, 6) is -0.252. The maximum absolute atomic E-state index is 14.6. The lowest BCUT2D eigenvalue weighted by Gasteiger charge is -2.47. The fourth-order valence-corrected chi connectivity index (χ4v) is 6.76. The molecule has 258 valence electrons. The van der Waals surface area contributed by atoms with Crippen molar-refractivity contribution in [3.05, 3.63) is 71.0 Å². The molecule has 1 aromatic heterocycles. The van der Waals surface area contributed by atoms with Gasteiger partial charge >= 0.3 is 6.36 Å². The van der Waals surface area contributed by atoms with E-state index in [0.29, 0.717) is 36.6 Å². The zero-order valence-electron chi connectivity index (χ0n) is 28.3. The predicted molar refractivity (Wildman–Crippen MR) is 174 cm³/mol. The Morgan fingerprint density at radius 1 is 1.06 bits per heavy atom. The maximum Gasteiger partial charge on any atom is 0.573 e. The van der Waals surface area contributed by atoms with Crippen LogP contribution >= 0.6 is 0 Å². The van der Waals surface area contributed by atoms with E-state index in [1.165, 1.54) is 18.2 Å². The molecule has 13 heteroatoms. The van der Waals surface area contributed by atoms with Gasteiger partial charge in [-0.05, 0) is 85.1 Å². The van der Waals surface area contributed by atoms with Gasteiger partial charge in [0.05, 0.1) is 12.6 Å². The van der Waals surface area contributed by atoms with E-state index in [0.717, 1.165) is 24.8 Å². The number of H-pyrrole nitrogens is 1. The molecule has 1 spiro atoms. The van der Waals surface area contributed by atoms with Crippen molar-refractivity contribution in [3.8, 4) is 5.75 Å². The molecule has 10 nitrogen and oxygen atoms in total. The van der Waals surface area contributed by atoms with Crippen molar-refractivity contribution in [2.75, 3.05) is 0 Å². The first-order chi connectivity index (χ1) is 22.4. The SMILES string of the molecule is CC(C)(C)CCC(c1ccc(C(=O)NCc2nn[nH]n2)cc1)N1C(=O)C(c2cccc(OC(F)(F)F)c2)=NC12CCC(C(C)(C)C)CC2. The molecule has 3 aromatic rings. The van der Waals surface area contributed by atoms with Crippen molar-refractivity contribution in [1.29, 1.82) is 0 Å². The van der Waals surface area contributed by atoms with Gasteiger partial charge in [0.1, 0.15) is 17.1 Å². The summed E-state index contributed by atoms with van der Waals surface area (Å²) in [5, 5.41) is 16.3. The Labute approximate surface area is 278 Å². The van der Waals surface area contributed by atoms with Gasteiger partial charge in [0.2, 0.25) is 0 Å². The van der Waals surface area contributed by atoms with Crippen LogP contribution in [-0.2, 0) is 11.3 Å². The third kappa shape index (κ3) is 8.22. The number of halogens is 3. The van der Waals surface area contributed by atoms with E-state index >= 15 is 0 Å². The number of tetrazole rings is 1. The van der Waals surface area contributed by atoms with Gasteiger partial charge in [0.15, 0.2) is 5.82 Å². The fraction of sp³-hybridized carbons (Fsp3) is 0.543. The van der Waals surface area contributed by atoms with Crippen LogP contribution in [0.3, 0.4) is 0 Å². The van der Waals surface area contributed by atoms with Crippen LogP contribution < -0.4 is 10.1 Å². The van der Waals surface area contributed by atoms with Gasteiger partial charge in [0.25, 0.3) is 11.8 Å². The highest BCUT2D eigenvalue weighted by atomic mass is 19.4. The Hall–Kier alpha value is -4.29. The highest BCUT2D eigenvalue weighted by Gasteiger charge is 2.53. The molecular weight excluding hydrogens is 623 g/mol. The number of benzene rings is 2. The molecule has 2 heterocycles. The monoisotopic (exact) mass is 667 g/mol. The average Bonchev–Trinajstić information content (AvgIpc) is 3.62. The molecule has 2 aromatic carbocycles. The number of hydrogen-bond acceptors (Lipinski definition) is 7. The van der Waals surface area contributed by atoms with Crippen LogP contribution in [0.1, 0.15) is 113 Å². The zero-order valence-corrected chi connectivity index (χ0v) is 28.3. The summed E-state index contributed by atoms with van der Waals surface area (Å²) in [5.41, 5.74) is 0.878. The molecule has 1 saturated carbocycles. The van der Waals surface area contributed by atoms with Gasteiger partial charge in [0, 0.05) is 11.1 Å². The van der Waals surface area contributed by atoms with Gasteiger partial charge in [-0.1, -0.05) is 71.0 Å². The first kappa shape index (κ1) is 35.0. The van der Waals surface area contributed by atoms with Crippen molar-refractivity contribution in [2.24, 2.45) is 21.7 Å². The minimum atomic E-state index is -4.87. The van der Waals surface area contributed by atoms with E-state index in [9.17, 15) is 22.8 Å². The van der Waals surface area contributed by atoms with Gasteiger partial charge in [-0.15, -0.1) is 23.4 Å². The summed E-state index contributed by atoms with van der Waals surface area (Å²) in [6.07, 6.45) is -0.480. The first-order valence-electron chi connectivity index (χ1n) is 16.3. The maximum atomic E-state index is 14.6. The van der Waals surface area contributed by atoms with Gasteiger partial charge in [-0.2, -0.15) is 5.21 Å². The quantitative estimate of drug-likeness (QED) is 0.250. The second-order valence-electron chi connectivity index (χ2n) is 15.1. The largest absolute Gasteiger partial charge is 0.573 e. The van der Waals surface area contributed by atoms with Crippen molar-refractivity contribution in [3.63, 3.8) is 0 Å². The summed E-state index contributed by atoms with van der Waals surface area (Å²) >= 11 is 0. The third-order valence-corrected chi connectivity index (χ3v) is 9.38. The van der Waals surface area contributed by atoms with Crippen molar-refractivity contribution >= 4 is 17.5 Å².